The number of nitrogens with two attached hydrogens (primary N) is 1. The van der Waals surface area contributed by atoms with Crippen LogP contribution in [0.3, 0.4) is 0 Å². The van der Waals surface area contributed by atoms with E-state index >= 15 is 0 Å². The van der Waals surface area contributed by atoms with Gasteiger partial charge in [-0.15, -0.1) is 0 Å². The molecule has 0 saturated heterocycles. The zero-order chi connectivity index (χ0) is 9.97. The normalized spacial score (nSPS) is 16.1. The molecule has 76 valence electrons. The molecule has 4 nitrogen and oxygen atoms in total. The minimum absolute atomic E-state index is 0.539. The zero-order valence-electron chi connectivity index (χ0n) is 8.29. The molecule has 1 aromatic heterocycles. The molecule has 14 heavy (non-hydrogen) atoms. The Morgan fingerprint density at radius 3 is 2.86 bits per heavy atom. The molecule has 1 aliphatic carbocycles. The summed E-state index contributed by atoms with van der Waals surface area (Å²) in [4.78, 5) is 4.25. The summed E-state index contributed by atoms with van der Waals surface area (Å²) in [5, 5.41) is 3.31. The number of rotatable bonds is 3. The SMILES string of the molecule is COc1ccc(N)c(NC2CCC2)n1. The number of nitrogen functional groups attached to an aromatic ring is 1. The van der Waals surface area contributed by atoms with Gasteiger partial charge in [0.2, 0.25) is 5.88 Å². The van der Waals surface area contributed by atoms with Gasteiger partial charge in [0.25, 0.3) is 0 Å². The van der Waals surface area contributed by atoms with Crippen molar-refractivity contribution in [3.05, 3.63) is 12.1 Å². The molecule has 0 aliphatic heterocycles. The molecular weight excluding hydrogens is 178 g/mol. The van der Waals surface area contributed by atoms with Crippen LogP contribution in [0.15, 0.2) is 12.1 Å². The maximum absolute atomic E-state index is 5.79. The minimum atomic E-state index is 0.539. The van der Waals surface area contributed by atoms with E-state index in [9.17, 15) is 0 Å². The molecule has 1 aromatic rings. The molecule has 0 aromatic carbocycles. The topological polar surface area (TPSA) is 60.2 Å². The summed E-state index contributed by atoms with van der Waals surface area (Å²) in [6, 6.07) is 4.12. The molecule has 0 spiro atoms. The Labute approximate surface area is 83.5 Å². The first-order chi connectivity index (χ1) is 6.79. The van der Waals surface area contributed by atoms with Crippen LogP contribution >= 0.6 is 0 Å². The molecular formula is C10H15N3O. The molecule has 2 rings (SSSR count). The molecule has 1 heterocycles. The second-order valence-corrected chi connectivity index (χ2v) is 3.56. The quantitative estimate of drug-likeness (QED) is 0.766. The lowest BCUT2D eigenvalue weighted by Gasteiger charge is -2.27. The highest BCUT2D eigenvalue weighted by Gasteiger charge is 2.18. The van der Waals surface area contributed by atoms with Crippen molar-refractivity contribution in [2.75, 3.05) is 18.2 Å². The Morgan fingerprint density at radius 2 is 2.29 bits per heavy atom. The molecule has 1 aliphatic rings. The van der Waals surface area contributed by atoms with Crippen molar-refractivity contribution >= 4 is 11.5 Å². The first-order valence-corrected chi connectivity index (χ1v) is 4.86. The highest BCUT2D eigenvalue weighted by Crippen LogP contribution is 2.26. The minimum Gasteiger partial charge on any atom is -0.481 e. The van der Waals surface area contributed by atoms with E-state index < -0.39 is 0 Å². The number of nitrogens with one attached hydrogen (secondary N) is 1. The van der Waals surface area contributed by atoms with Crippen molar-refractivity contribution in [1.82, 2.24) is 4.98 Å². The van der Waals surface area contributed by atoms with Gasteiger partial charge in [0.1, 0.15) is 0 Å². The largest absolute Gasteiger partial charge is 0.481 e. The van der Waals surface area contributed by atoms with E-state index in [0.29, 0.717) is 17.6 Å². The van der Waals surface area contributed by atoms with E-state index in [-0.39, 0.29) is 0 Å². The fraction of sp³-hybridized carbons (Fsp3) is 0.500. The van der Waals surface area contributed by atoms with E-state index in [1.165, 1.54) is 19.3 Å². The number of hydrogen-bond acceptors (Lipinski definition) is 4. The third-order valence-corrected chi connectivity index (χ3v) is 2.56. The fourth-order valence-electron chi connectivity index (χ4n) is 1.43. The maximum atomic E-state index is 5.79. The van der Waals surface area contributed by atoms with Crippen LogP contribution in [-0.2, 0) is 0 Å². The molecule has 1 saturated carbocycles. The summed E-state index contributed by atoms with van der Waals surface area (Å²) in [7, 11) is 1.60. The van der Waals surface area contributed by atoms with Crippen LogP contribution in [0, 0.1) is 0 Å². The summed E-state index contributed by atoms with van der Waals surface area (Å²) in [6.45, 7) is 0. The number of methoxy groups -OCH3 is 1. The van der Waals surface area contributed by atoms with Crippen LogP contribution in [0.1, 0.15) is 19.3 Å². The fourth-order valence-corrected chi connectivity index (χ4v) is 1.43. The third-order valence-electron chi connectivity index (χ3n) is 2.56. The molecule has 1 fully saturated rings. The van der Waals surface area contributed by atoms with Crippen molar-refractivity contribution in [3.8, 4) is 5.88 Å². The van der Waals surface area contributed by atoms with Crippen LogP contribution < -0.4 is 15.8 Å². The Bertz CT molecular complexity index is 323. The smallest absolute Gasteiger partial charge is 0.215 e. The van der Waals surface area contributed by atoms with Gasteiger partial charge in [-0.25, -0.2) is 0 Å². The van der Waals surface area contributed by atoms with Crippen molar-refractivity contribution in [2.24, 2.45) is 0 Å². The van der Waals surface area contributed by atoms with Gasteiger partial charge in [0.05, 0.1) is 12.8 Å². The monoisotopic (exact) mass is 193 g/mol. The molecule has 4 heteroatoms. The molecule has 0 radical (unpaired) electrons. The lowest BCUT2D eigenvalue weighted by atomic mass is 9.93. The molecule has 0 bridgehead atoms. The summed E-state index contributed by atoms with van der Waals surface area (Å²) in [6.07, 6.45) is 3.71. The highest BCUT2D eigenvalue weighted by molar-refractivity contribution is 5.62. The predicted octanol–water partition coefficient (Wildman–Crippen LogP) is 1.64. The zero-order valence-corrected chi connectivity index (χ0v) is 8.29. The number of hydrogen-bond donors (Lipinski definition) is 2. The third kappa shape index (κ3) is 1.73. The van der Waals surface area contributed by atoms with Crippen LogP contribution in [-0.4, -0.2) is 18.1 Å². The van der Waals surface area contributed by atoms with Crippen LogP contribution in [0.25, 0.3) is 0 Å². The van der Waals surface area contributed by atoms with E-state index in [4.69, 9.17) is 10.5 Å². The predicted molar refractivity (Wildman–Crippen MR) is 56.5 cm³/mol. The molecule has 0 unspecified atom stereocenters. The van der Waals surface area contributed by atoms with Gasteiger partial charge in [-0.1, -0.05) is 0 Å². The van der Waals surface area contributed by atoms with E-state index in [2.05, 4.69) is 10.3 Å². The van der Waals surface area contributed by atoms with E-state index in [1.807, 2.05) is 6.07 Å². The van der Waals surface area contributed by atoms with Gasteiger partial charge in [0, 0.05) is 12.1 Å². The standard InChI is InChI=1S/C10H15N3O/c1-14-9-6-5-8(11)10(13-9)12-7-3-2-4-7/h5-7H,2-4,11H2,1H3,(H,12,13). The Hall–Kier alpha value is -1.45. The second kappa shape index (κ2) is 3.74. The number of aromatic nitrogens is 1. The van der Waals surface area contributed by atoms with Crippen molar-refractivity contribution in [1.29, 1.82) is 0 Å². The van der Waals surface area contributed by atoms with Gasteiger partial charge >= 0.3 is 0 Å². The lowest BCUT2D eigenvalue weighted by molar-refractivity contribution is 0.397. The van der Waals surface area contributed by atoms with Crippen LogP contribution in [0.2, 0.25) is 0 Å². The number of pyridine rings is 1. The number of anilines is 2. The number of ether oxygens (including phenoxy) is 1. The van der Waals surface area contributed by atoms with Gasteiger partial charge in [-0.3, -0.25) is 0 Å². The Morgan fingerprint density at radius 1 is 1.50 bits per heavy atom. The lowest BCUT2D eigenvalue weighted by Crippen LogP contribution is -2.27. The molecule has 3 N–H and O–H groups in total. The van der Waals surface area contributed by atoms with Gasteiger partial charge in [-0.2, -0.15) is 4.98 Å². The first kappa shape index (κ1) is 9.12. The molecule has 0 amide bonds. The Balaban J connectivity index is 2.13. The second-order valence-electron chi connectivity index (χ2n) is 3.56. The van der Waals surface area contributed by atoms with Crippen LogP contribution in [0.5, 0.6) is 5.88 Å². The first-order valence-electron chi connectivity index (χ1n) is 4.86. The van der Waals surface area contributed by atoms with Gasteiger partial charge in [-0.05, 0) is 25.3 Å². The summed E-state index contributed by atoms with van der Waals surface area (Å²) >= 11 is 0. The van der Waals surface area contributed by atoms with Crippen molar-refractivity contribution in [2.45, 2.75) is 25.3 Å². The summed E-state index contributed by atoms with van der Waals surface area (Å²) in [5.74, 6) is 1.34. The Kier molecular flexibility index (Phi) is 2.43. The van der Waals surface area contributed by atoms with Crippen molar-refractivity contribution in [3.63, 3.8) is 0 Å². The summed E-state index contributed by atoms with van der Waals surface area (Å²) < 4.78 is 5.04. The van der Waals surface area contributed by atoms with Gasteiger partial charge in [0.15, 0.2) is 5.82 Å². The molecule has 0 atom stereocenters. The summed E-state index contributed by atoms with van der Waals surface area (Å²) in [5.41, 5.74) is 6.47. The van der Waals surface area contributed by atoms with E-state index in [1.54, 1.807) is 13.2 Å². The average molecular weight is 193 g/mol. The maximum Gasteiger partial charge on any atom is 0.215 e. The number of nitrogens with zero attached hydrogens (tertiary/aromatic N) is 1. The van der Waals surface area contributed by atoms with E-state index in [0.717, 1.165) is 5.82 Å². The average Bonchev–Trinajstić information content (AvgIpc) is 2.14. The highest BCUT2D eigenvalue weighted by atomic mass is 16.5. The van der Waals surface area contributed by atoms with Crippen molar-refractivity contribution < 1.29 is 4.74 Å². The van der Waals surface area contributed by atoms with Gasteiger partial charge < -0.3 is 15.8 Å². The van der Waals surface area contributed by atoms with Crippen LogP contribution in [0.4, 0.5) is 11.5 Å².